The summed E-state index contributed by atoms with van der Waals surface area (Å²) >= 11 is 0. The molecule has 0 bridgehead atoms. The molecule has 10 heteroatoms. The fourth-order valence-corrected chi connectivity index (χ4v) is 5.12. The van der Waals surface area contributed by atoms with Gasteiger partial charge < -0.3 is 19.7 Å². The molecule has 3 rings (SSSR count). The molecule has 2 amide bonds. The van der Waals surface area contributed by atoms with Crippen LogP contribution in [0.3, 0.4) is 0 Å². The number of carbonyl (C=O) groups excluding carboxylic acids is 2. The third kappa shape index (κ3) is 7.85. The Morgan fingerprint density at radius 1 is 1.05 bits per heavy atom. The summed E-state index contributed by atoms with van der Waals surface area (Å²) in [6.45, 7) is 6.94. The lowest BCUT2D eigenvalue weighted by atomic mass is 10.1. The average Bonchev–Trinajstić information content (AvgIpc) is 3.33. The van der Waals surface area contributed by atoms with Crippen LogP contribution in [0.2, 0.25) is 0 Å². The highest BCUT2D eigenvalue weighted by atomic mass is 32.2. The Bertz CT molecular complexity index is 1170. The summed E-state index contributed by atoms with van der Waals surface area (Å²) in [6, 6.07) is 13.9. The van der Waals surface area contributed by atoms with Crippen molar-refractivity contribution < 1.29 is 27.5 Å². The van der Waals surface area contributed by atoms with E-state index in [-0.39, 0.29) is 43.9 Å². The Morgan fingerprint density at radius 3 is 2.41 bits per heavy atom. The zero-order valence-electron chi connectivity index (χ0n) is 22.0. The van der Waals surface area contributed by atoms with E-state index < -0.39 is 16.1 Å². The number of hydrogen-bond acceptors (Lipinski definition) is 6. The van der Waals surface area contributed by atoms with Crippen molar-refractivity contribution in [1.82, 2.24) is 10.2 Å². The van der Waals surface area contributed by atoms with Crippen molar-refractivity contribution >= 4 is 27.5 Å². The van der Waals surface area contributed by atoms with Crippen LogP contribution in [0.25, 0.3) is 0 Å². The lowest BCUT2D eigenvalue weighted by Crippen LogP contribution is -2.49. The van der Waals surface area contributed by atoms with Gasteiger partial charge in [0.25, 0.3) is 0 Å². The first-order valence-corrected chi connectivity index (χ1v) is 14.4. The molecule has 1 atom stereocenters. The number of anilines is 1. The molecule has 0 saturated carbocycles. The van der Waals surface area contributed by atoms with E-state index in [4.69, 9.17) is 9.47 Å². The minimum Gasteiger partial charge on any atom is -0.454 e. The highest BCUT2D eigenvalue weighted by Gasteiger charge is 2.29. The summed E-state index contributed by atoms with van der Waals surface area (Å²) in [5, 5.41) is 2.95. The molecule has 1 N–H and O–H groups in total. The molecule has 202 valence electrons. The molecule has 2 aromatic rings. The molecule has 1 unspecified atom stereocenters. The second kappa shape index (κ2) is 12.8. The summed E-state index contributed by atoms with van der Waals surface area (Å²) in [4.78, 5) is 28.1. The second-order valence-corrected chi connectivity index (χ2v) is 11.5. The van der Waals surface area contributed by atoms with E-state index in [9.17, 15) is 18.0 Å². The average molecular weight is 532 g/mol. The summed E-state index contributed by atoms with van der Waals surface area (Å²) in [6.07, 6.45) is 1.98. The Hall–Kier alpha value is -3.27. The van der Waals surface area contributed by atoms with Crippen LogP contribution in [0.5, 0.6) is 11.5 Å². The fraction of sp³-hybridized carbons (Fsp3) is 0.481. The van der Waals surface area contributed by atoms with Crippen LogP contribution >= 0.6 is 0 Å². The van der Waals surface area contributed by atoms with Crippen molar-refractivity contribution in [2.75, 3.05) is 30.4 Å². The minimum absolute atomic E-state index is 0.0900. The quantitative estimate of drug-likeness (QED) is 0.424. The summed E-state index contributed by atoms with van der Waals surface area (Å²) < 4.78 is 37.1. The number of sulfonamides is 1. The van der Waals surface area contributed by atoms with Crippen LogP contribution in [0.15, 0.2) is 48.5 Å². The van der Waals surface area contributed by atoms with E-state index in [1.54, 1.807) is 23.1 Å². The predicted octanol–water partition coefficient (Wildman–Crippen LogP) is 3.54. The van der Waals surface area contributed by atoms with Gasteiger partial charge in [0, 0.05) is 32.1 Å². The van der Waals surface area contributed by atoms with Crippen LogP contribution < -0.4 is 19.1 Å². The van der Waals surface area contributed by atoms with E-state index in [2.05, 4.69) is 5.32 Å². The Kier molecular flexibility index (Phi) is 9.79. The number of fused-ring (bicyclic) bond motifs is 1. The molecular formula is C27H37N3O6S. The van der Waals surface area contributed by atoms with E-state index in [0.717, 1.165) is 11.8 Å². The van der Waals surface area contributed by atoms with Crippen LogP contribution in [-0.2, 0) is 26.2 Å². The molecule has 37 heavy (non-hydrogen) atoms. The lowest BCUT2D eigenvalue weighted by molar-refractivity contribution is -0.141. The first-order chi connectivity index (χ1) is 17.6. The topological polar surface area (TPSA) is 105 Å². The molecule has 0 fully saturated rings. The number of ether oxygens (including phenoxy) is 2. The molecule has 1 aliphatic heterocycles. The van der Waals surface area contributed by atoms with Gasteiger partial charge in [-0.3, -0.25) is 13.9 Å². The number of hydrogen-bond donors (Lipinski definition) is 1. The van der Waals surface area contributed by atoms with Crippen molar-refractivity contribution in [3.05, 3.63) is 54.1 Å². The number of carbonyl (C=O) groups is 2. The number of nitrogens with one attached hydrogen (secondary N) is 1. The van der Waals surface area contributed by atoms with Gasteiger partial charge in [0.2, 0.25) is 28.6 Å². The molecule has 0 radical (unpaired) electrons. The molecular weight excluding hydrogens is 494 g/mol. The van der Waals surface area contributed by atoms with Gasteiger partial charge in [-0.25, -0.2) is 8.42 Å². The third-order valence-corrected chi connectivity index (χ3v) is 7.26. The van der Waals surface area contributed by atoms with Gasteiger partial charge in [-0.05, 0) is 36.5 Å². The molecule has 2 aromatic carbocycles. The second-order valence-electron chi connectivity index (χ2n) is 9.55. The van der Waals surface area contributed by atoms with E-state index in [1.807, 2.05) is 51.1 Å². The van der Waals surface area contributed by atoms with E-state index in [0.29, 0.717) is 36.7 Å². The minimum atomic E-state index is -3.60. The van der Waals surface area contributed by atoms with E-state index >= 15 is 0 Å². The van der Waals surface area contributed by atoms with Gasteiger partial charge in [-0.1, -0.05) is 51.1 Å². The molecule has 0 saturated heterocycles. The summed E-state index contributed by atoms with van der Waals surface area (Å²) in [5.41, 5.74) is 1.36. The summed E-state index contributed by atoms with van der Waals surface area (Å²) in [7, 11) is -3.60. The van der Waals surface area contributed by atoms with E-state index in [1.165, 1.54) is 4.31 Å². The number of amides is 2. The number of nitrogens with zero attached hydrogens (tertiary/aromatic N) is 2. The standard InChI is InChI=1S/C27H37N3O6S/c1-5-23(27(32)28-17-20(2)3)29(18-21-10-7-6-8-11-21)26(31)12-9-15-30(37(4,33)34)22-13-14-24-25(16-22)36-19-35-24/h6-8,10-11,13-14,16,20,23H,5,9,12,15,17-19H2,1-4H3,(H,28,32). The lowest BCUT2D eigenvalue weighted by Gasteiger charge is -2.31. The fourth-order valence-electron chi connectivity index (χ4n) is 4.17. The zero-order valence-corrected chi connectivity index (χ0v) is 22.8. The predicted molar refractivity (Wildman–Crippen MR) is 143 cm³/mol. The zero-order chi connectivity index (χ0) is 27.0. The first-order valence-electron chi connectivity index (χ1n) is 12.6. The maximum Gasteiger partial charge on any atom is 0.242 e. The SMILES string of the molecule is CCC(C(=O)NCC(C)C)N(Cc1ccccc1)C(=O)CCCN(c1ccc2c(c1)OCO2)S(C)(=O)=O. The number of rotatable bonds is 13. The third-order valence-electron chi connectivity index (χ3n) is 6.06. The molecule has 1 heterocycles. The highest BCUT2D eigenvalue weighted by Crippen LogP contribution is 2.36. The molecule has 0 aromatic heterocycles. The van der Waals surface area contributed by atoms with Gasteiger partial charge in [-0.2, -0.15) is 0 Å². The highest BCUT2D eigenvalue weighted by molar-refractivity contribution is 7.92. The smallest absolute Gasteiger partial charge is 0.242 e. The molecule has 1 aliphatic rings. The maximum absolute atomic E-state index is 13.5. The molecule has 0 aliphatic carbocycles. The van der Waals surface area contributed by atoms with Gasteiger partial charge in [0.15, 0.2) is 11.5 Å². The first kappa shape index (κ1) is 28.3. The van der Waals surface area contributed by atoms with Crippen LogP contribution in [0, 0.1) is 5.92 Å². The Morgan fingerprint density at radius 2 is 1.76 bits per heavy atom. The van der Waals surface area contributed by atoms with Crippen LogP contribution in [0.1, 0.15) is 45.6 Å². The molecule has 9 nitrogen and oxygen atoms in total. The van der Waals surface area contributed by atoms with Crippen molar-refractivity contribution in [3.8, 4) is 11.5 Å². The maximum atomic E-state index is 13.5. The van der Waals surface area contributed by atoms with Crippen molar-refractivity contribution in [2.45, 2.75) is 52.6 Å². The molecule has 0 spiro atoms. The monoisotopic (exact) mass is 531 g/mol. The Labute approximate surface area is 219 Å². The summed E-state index contributed by atoms with van der Waals surface area (Å²) in [5.74, 6) is 0.950. The van der Waals surface area contributed by atoms with Crippen LogP contribution in [0.4, 0.5) is 5.69 Å². The van der Waals surface area contributed by atoms with Crippen LogP contribution in [-0.4, -0.2) is 57.3 Å². The van der Waals surface area contributed by atoms with Crippen molar-refractivity contribution in [3.63, 3.8) is 0 Å². The largest absolute Gasteiger partial charge is 0.454 e. The van der Waals surface area contributed by atoms with Gasteiger partial charge in [0.05, 0.1) is 11.9 Å². The van der Waals surface area contributed by atoms with Gasteiger partial charge in [0.1, 0.15) is 6.04 Å². The Balaban J connectivity index is 1.73. The normalized spacial score (nSPS) is 13.3. The number of benzene rings is 2. The van der Waals surface area contributed by atoms with Gasteiger partial charge in [-0.15, -0.1) is 0 Å². The van der Waals surface area contributed by atoms with Crippen molar-refractivity contribution in [1.29, 1.82) is 0 Å². The van der Waals surface area contributed by atoms with Crippen molar-refractivity contribution in [2.24, 2.45) is 5.92 Å². The van der Waals surface area contributed by atoms with Gasteiger partial charge >= 0.3 is 0 Å².